The highest BCUT2D eigenvalue weighted by atomic mass is 79.9. The number of amides is 2. The third-order valence-electron chi connectivity index (χ3n) is 6.22. The van der Waals surface area contributed by atoms with E-state index < -0.39 is 35.0 Å². The molecule has 12 nitrogen and oxygen atoms in total. The first kappa shape index (κ1) is 29.3. The molecule has 3 aromatic rings. The summed E-state index contributed by atoms with van der Waals surface area (Å²) >= 11 is 3.41. The minimum absolute atomic E-state index is 0.0216. The molecule has 0 aliphatic carbocycles. The van der Waals surface area contributed by atoms with E-state index in [0.717, 1.165) is 12.7 Å². The van der Waals surface area contributed by atoms with Crippen molar-refractivity contribution >= 4 is 39.6 Å². The number of halogens is 1. The number of methoxy groups -OCH3 is 2. The molecule has 2 heterocycles. The summed E-state index contributed by atoms with van der Waals surface area (Å²) in [4.78, 5) is 50.1. The van der Waals surface area contributed by atoms with E-state index in [2.05, 4.69) is 26.6 Å². The number of fused-ring (bicyclic) bond motifs is 7. The first-order valence-electron chi connectivity index (χ1n) is 12.4. The molecule has 0 aromatic heterocycles. The molecule has 0 radical (unpaired) electrons. The molecule has 13 heteroatoms. The average molecular weight is 628 g/mol. The van der Waals surface area contributed by atoms with Crippen molar-refractivity contribution in [2.45, 2.75) is 31.5 Å². The summed E-state index contributed by atoms with van der Waals surface area (Å²) in [6.45, 7) is -0.0216. The van der Waals surface area contributed by atoms with Gasteiger partial charge in [0, 0.05) is 18.9 Å². The van der Waals surface area contributed by atoms with Crippen LogP contribution < -0.4 is 20.1 Å². The van der Waals surface area contributed by atoms with Crippen LogP contribution in [0.4, 0.5) is 10.5 Å². The van der Waals surface area contributed by atoms with Crippen LogP contribution in [0.25, 0.3) is 0 Å². The van der Waals surface area contributed by atoms with Gasteiger partial charge >= 0.3 is 17.7 Å². The van der Waals surface area contributed by atoms with Gasteiger partial charge in [0.2, 0.25) is 11.7 Å². The van der Waals surface area contributed by atoms with Gasteiger partial charge in [-0.25, -0.2) is 9.59 Å². The van der Waals surface area contributed by atoms with Crippen molar-refractivity contribution in [1.82, 2.24) is 10.6 Å². The van der Waals surface area contributed by atoms with Crippen molar-refractivity contribution in [2.75, 3.05) is 14.2 Å². The molecule has 2 atom stereocenters. The summed E-state index contributed by atoms with van der Waals surface area (Å²) in [5.74, 6) is -1.12. The first-order chi connectivity index (χ1) is 19.7. The van der Waals surface area contributed by atoms with Crippen LogP contribution in [0.3, 0.4) is 0 Å². The number of esters is 1. The molecule has 4 bridgehead atoms. The van der Waals surface area contributed by atoms with E-state index in [1.807, 2.05) is 6.07 Å². The van der Waals surface area contributed by atoms with Crippen LogP contribution in [0.15, 0.2) is 65.1 Å². The fourth-order valence-corrected chi connectivity index (χ4v) is 4.90. The van der Waals surface area contributed by atoms with Crippen LogP contribution in [-0.2, 0) is 38.5 Å². The monoisotopic (exact) mass is 627 g/mol. The quantitative estimate of drug-likeness (QED) is 0.232. The van der Waals surface area contributed by atoms with Crippen molar-refractivity contribution in [3.05, 3.63) is 91.9 Å². The maximum absolute atomic E-state index is 13.5. The standard InChI is InChI=1S/C28H26BrN3O9/c1-38-25-19(29)10-18-12-20(31-28(35)40-15-16-6-4-3-5-7-16)26(33)30-21(27(34)39-2)11-17-8-9-23(41-24(25)14-18)22(13-17)32(36)37/h3-10,13-14,20-21H,11-12,15H2,1-2H3,(H,30,33)(H,31,35)/t20-,21-/m0/s1. The minimum Gasteiger partial charge on any atom is -0.492 e. The van der Waals surface area contributed by atoms with Crippen LogP contribution in [0.5, 0.6) is 17.2 Å². The number of rotatable bonds is 6. The average Bonchev–Trinajstić information content (AvgIpc) is 2.95. The number of nitro benzene ring substituents is 1. The molecule has 2 aliphatic rings. The molecule has 0 unspecified atom stereocenters. The van der Waals surface area contributed by atoms with E-state index in [1.54, 1.807) is 36.4 Å². The van der Waals surface area contributed by atoms with Crippen molar-refractivity contribution in [1.29, 1.82) is 0 Å². The Bertz CT molecular complexity index is 1470. The SMILES string of the molecule is COC(=O)[C@@H]1Cc2ccc(c([N+](=O)[O-])c2)Oc2cc(cc(Br)c2OC)C[C@H](NC(=O)OCc2ccccc2)C(=O)N1. The molecule has 214 valence electrons. The second-order valence-corrected chi connectivity index (χ2v) is 9.88. The van der Waals surface area contributed by atoms with Gasteiger partial charge in [0.25, 0.3) is 0 Å². The van der Waals surface area contributed by atoms with E-state index in [4.69, 9.17) is 18.9 Å². The van der Waals surface area contributed by atoms with Gasteiger partial charge in [0.1, 0.15) is 18.7 Å². The van der Waals surface area contributed by atoms with Gasteiger partial charge in [-0.15, -0.1) is 0 Å². The highest BCUT2D eigenvalue weighted by Crippen LogP contribution is 2.42. The zero-order valence-electron chi connectivity index (χ0n) is 22.0. The number of ether oxygens (including phenoxy) is 4. The molecule has 2 aliphatic heterocycles. The summed E-state index contributed by atoms with van der Waals surface area (Å²) in [7, 11) is 2.57. The van der Waals surface area contributed by atoms with E-state index >= 15 is 0 Å². The Balaban J connectivity index is 1.73. The Morgan fingerprint density at radius 3 is 2.51 bits per heavy atom. The number of nitrogens with zero attached hydrogens (tertiary/aromatic N) is 1. The fourth-order valence-electron chi connectivity index (χ4n) is 4.25. The van der Waals surface area contributed by atoms with Crippen molar-refractivity contribution in [3.63, 3.8) is 0 Å². The molecule has 5 rings (SSSR count). The molecule has 3 aromatic carbocycles. The summed E-state index contributed by atoms with van der Waals surface area (Å²) in [5.41, 5.74) is 1.27. The van der Waals surface area contributed by atoms with E-state index in [1.165, 1.54) is 25.3 Å². The van der Waals surface area contributed by atoms with Crippen LogP contribution in [-0.4, -0.2) is 49.2 Å². The lowest BCUT2D eigenvalue weighted by atomic mass is 10.0. The summed E-state index contributed by atoms with van der Waals surface area (Å²) in [5, 5.41) is 17.1. The topological polar surface area (TPSA) is 155 Å². The third-order valence-corrected chi connectivity index (χ3v) is 6.81. The van der Waals surface area contributed by atoms with E-state index in [-0.39, 0.29) is 42.4 Å². The molecule has 0 saturated carbocycles. The molecule has 0 fully saturated rings. The Hall–Kier alpha value is -4.65. The number of carbonyl (C=O) groups is 3. The maximum Gasteiger partial charge on any atom is 0.408 e. The largest absolute Gasteiger partial charge is 0.492 e. The lowest BCUT2D eigenvalue weighted by molar-refractivity contribution is -0.385. The number of hydrogen-bond donors (Lipinski definition) is 2. The van der Waals surface area contributed by atoms with Crippen LogP contribution in [0.1, 0.15) is 16.7 Å². The number of hydrogen-bond acceptors (Lipinski definition) is 9. The Morgan fingerprint density at radius 1 is 1.07 bits per heavy atom. The maximum atomic E-state index is 13.5. The fraction of sp³-hybridized carbons (Fsp3) is 0.250. The molecule has 0 spiro atoms. The highest BCUT2D eigenvalue weighted by Gasteiger charge is 2.30. The normalized spacial score (nSPS) is 16.4. The predicted molar refractivity (Wildman–Crippen MR) is 149 cm³/mol. The van der Waals surface area contributed by atoms with Crippen LogP contribution in [0.2, 0.25) is 0 Å². The zero-order chi connectivity index (χ0) is 29.5. The number of nitro groups is 1. The highest BCUT2D eigenvalue weighted by molar-refractivity contribution is 9.10. The molecule has 41 heavy (non-hydrogen) atoms. The Labute approximate surface area is 243 Å². The van der Waals surface area contributed by atoms with Gasteiger partial charge in [-0.05, 0) is 50.8 Å². The summed E-state index contributed by atoms with van der Waals surface area (Å²) < 4.78 is 22.0. The van der Waals surface area contributed by atoms with Gasteiger partial charge in [0.05, 0.1) is 23.6 Å². The van der Waals surface area contributed by atoms with Crippen molar-refractivity contribution in [2.24, 2.45) is 0 Å². The molecule has 0 saturated heterocycles. The Kier molecular flexibility index (Phi) is 9.40. The molecule has 2 N–H and O–H groups in total. The van der Waals surface area contributed by atoms with E-state index in [0.29, 0.717) is 15.6 Å². The lowest BCUT2D eigenvalue weighted by Crippen LogP contribution is -2.53. The van der Waals surface area contributed by atoms with Crippen molar-refractivity contribution < 1.29 is 38.3 Å². The van der Waals surface area contributed by atoms with Gasteiger partial charge in [-0.2, -0.15) is 0 Å². The summed E-state index contributed by atoms with van der Waals surface area (Å²) in [6.07, 6.45) is -1.02. The second kappa shape index (κ2) is 13.1. The van der Waals surface area contributed by atoms with E-state index in [9.17, 15) is 24.5 Å². The smallest absolute Gasteiger partial charge is 0.408 e. The number of benzene rings is 3. The van der Waals surface area contributed by atoms with Crippen LogP contribution in [0, 0.1) is 10.1 Å². The van der Waals surface area contributed by atoms with Crippen molar-refractivity contribution in [3.8, 4) is 17.2 Å². The van der Waals surface area contributed by atoms with Gasteiger partial charge in [0.15, 0.2) is 11.5 Å². The predicted octanol–water partition coefficient (Wildman–Crippen LogP) is 4.21. The van der Waals surface area contributed by atoms with Gasteiger partial charge in [-0.3, -0.25) is 14.9 Å². The number of alkyl carbamates (subject to hydrolysis) is 1. The summed E-state index contributed by atoms with van der Waals surface area (Å²) in [6, 6.07) is 14.0. The first-order valence-corrected chi connectivity index (χ1v) is 13.1. The lowest BCUT2D eigenvalue weighted by Gasteiger charge is -2.23. The third kappa shape index (κ3) is 7.31. The zero-order valence-corrected chi connectivity index (χ0v) is 23.6. The Morgan fingerprint density at radius 2 is 1.83 bits per heavy atom. The second-order valence-electron chi connectivity index (χ2n) is 9.02. The van der Waals surface area contributed by atoms with Gasteiger partial charge in [-0.1, -0.05) is 36.4 Å². The van der Waals surface area contributed by atoms with Crippen LogP contribution >= 0.6 is 15.9 Å². The number of carbonyl (C=O) groups excluding carboxylic acids is 3. The number of nitrogens with one attached hydrogen (secondary N) is 2. The van der Waals surface area contributed by atoms with Gasteiger partial charge < -0.3 is 29.6 Å². The molecule has 2 amide bonds. The molecular weight excluding hydrogens is 602 g/mol. The minimum atomic E-state index is -1.20. The molecular formula is C28H26BrN3O9.